The van der Waals surface area contributed by atoms with E-state index < -0.39 is 29.0 Å². The van der Waals surface area contributed by atoms with Crippen LogP contribution in [0.25, 0.3) is 0 Å². The van der Waals surface area contributed by atoms with Gasteiger partial charge in [0.1, 0.15) is 35.9 Å². The van der Waals surface area contributed by atoms with Gasteiger partial charge in [0.25, 0.3) is 11.8 Å². The molecule has 6 aromatic rings. The second-order valence-corrected chi connectivity index (χ2v) is 18.1. The van der Waals surface area contributed by atoms with Crippen molar-refractivity contribution in [3.8, 4) is 0 Å². The summed E-state index contributed by atoms with van der Waals surface area (Å²) < 4.78 is 12.9. The second-order valence-electron chi connectivity index (χ2n) is 15.7. The minimum absolute atomic E-state index is 0.0214. The van der Waals surface area contributed by atoms with Gasteiger partial charge in [-0.15, -0.1) is 23.1 Å². The number of β-lactam (4-membered cyclic amide) rings is 1. The molecule has 3 atom stereocenters. The molecule has 0 saturated carbocycles. The summed E-state index contributed by atoms with van der Waals surface area (Å²) in [5, 5.41) is 13.0. The van der Waals surface area contributed by atoms with Gasteiger partial charge in [-0.2, -0.15) is 0 Å². The van der Waals surface area contributed by atoms with Crippen LogP contribution in [-0.2, 0) is 29.4 Å². The molecule has 3 aliphatic heterocycles. The van der Waals surface area contributed by atoms with Crippen LogP contribution in [0, 0.1) is 0 Å². The summed E-state index contributed by atoms with van der Waals surface area (Å²) in [6.07, 6.45) is 3.20. The number of amides is 2. The highest BCUT2D eigenvalue weighted by Gasteiger charge is 2.54. The maximum absolute atomic E-state index is 14.4. The largest absolute Gasteiger partial charge is 0.469 e. The molecule has 1 aromatic heterocycles. The fourth-order valence-electron chi connectivity index (χ4n) is 8.71. The number of benzene rings is 5. The monoisotopic (exact) mass is 905 g/mol. The van der Waals surface area contributed by atoms with Crippen LogP contribution in [0.1, 0.15) is 65.3 Å². The summed E-state index contributed by atoms with van der Waals surface area (Å²) >= 11 is 9.09. The van der Waals surface area contributed by atoms with Gasteiger partial charge in [0.05, 0.1) is 11.8 Å². The normalized spacial score (nSPS) is 18.8. The van der Waals surface area contributed by atoms with Crippen LogP contribution in [0.2, 0.25) is 0 Å². The van der Waals surface area contributed by atoms with E-state index in [1.54, 1.807) is 22.0 Å². The Kier molecular flexibility index (Phi) is 13.3. The molecule has 0 radical (unpaired) electrons. The number of oxime groups is 1. The summed E-state index contributed by atoms with van der Waals surface area (Å²) in [4.78, 5) is 40.5. The molecule has 9 rings (SSSR count). The Balaban J connectivity index is 0.979. The van der Waals surface area contributed by atoms with Gasteiger partial charge >= 0.3 is 0 Å². The predicted octanol–water partition coefficient (Wildman–Crippen LogP) is 9.64. The van der Waals surface area contributed by atoms with E-state index in [9.17, 15) is 9.59 Å². The van der Waals surface area contributed by atoms with Gasteiger partial charge in [0.2, 0.25) is 5.05 Å². The first-order valence-electron chi connectivity index (χ1n) is 21.4. The number of nitrogens with one attached hydrogen (secondary N) is 2. The summed E-state index contributed by atoms with van der Waals surface area (Å²) in [5.74, 6) is -0.288. The summed E-state index contributed by atoms with van der Waals surface area (Å²) in [7, 11) is 1.38. The SMILES string of the molecule is CO/N=C(\C(=O)NC1C(=O)N2C(C(=S)OC(c3ccccc3)c3ccccc3)=C(CC3CCCCO3)CS[C@H]12)c1csc(NC(c2ccccc2)(c2ccccc2)c2ccccc2)n1. The highest BCUT2D eigenvalue weighted by atomic mass is 32.2. The quantitative estimate of drug-likeness (QED) is 0.0342. The van der Waals surface area contributed by atoms with E-state index in [1.165, 1.54) is 18.4 Å². The molecule has 2 saturated heterocycles. The zero-order valence-electron chi connectivity index (χ0n) is 35.2. The van der Waals surface area contributed by atoms with E-state index >= 15 is 0 Å². The number of aromatic nitrogens is 1. The van der Waals surface area contributed by atoms with Gasteiger partial charge in [0.15, 0.2) is 10.8 Å². The Hall–Kier alpha value is -6.12. The molecular weight excluding hydrogens is 859 g/mol. The first kappa shape index (κ1) is 43.1. The van der Waals surface area contributed by atoms with Crippen molar-refractivity contribution >= 4 is 63.0 Å². The van der Waals surface area contributed by atoms with Gasteiger partial charge in [0, 0.05) is 17.7 Å². The Morgan fingerprint density at radius 3 is 1.95 bits per heavy atom. The lowest BCUT2D eigenvalue weighted by molar-refractivity contribution is -0.144. The van der Waals surface area contributed by atoms with Crippen LogP contribution >= 0.6 is 35.3 Å². The Morgan fingerprint density at radius 1 is 0.859 bits per heavy atom. The van der Waals surface area contributed by atoms with Gasteiger partial charge in [-0.05, 0) is 71.3 Å². The first-order chi connectivity index (χ1) is 31.4. The number of thioether (sulfide) groups is 1. The van der Waals surface area contributed by atoms with Crippen LogP contribution in [0.5, 0.6) is 0 Å². The lowest BCUT2D eigenvalue weighted by Crippen LogP contribution is -2.71. The number of hydrogen-bond acceptors (Lipinski definition) is 11. The number of carbonyl (C=O) groups excluding carboxylic acids is 2. The molecule has 0 bridgehead atoms. The van der Waals surface area contributed by atoms with Crippen LogP contribution in [0.4, 0.5) is 5.13 Å². The van der Waals surface area contributed by atoms with Crippen LogP contribution in [0.15, 0.2) is 173 Å². The van der Waals surface area contributed by atoms with E-state index in [1.807, 2.05) is 115 Å². The summed E-state index contributed by atoms with van der Waals surface area (Å²) in [5.41, 5.74) is 5.89. The molecule has 64 heavy (non-hydrogen) atoms. The molecule has 4 heterocycles. The molecule has 324 valence electrons. The molecule has 2 N–H and O–H groups in total. The average Bonchev–Trinajstić information content (AvgIpc) is 3.82. The standard InChI is InChI=1S/C51H47N5O5S3/c1-59-55-42(41-33-64-50(52-41)54-51(37-23-11-4-12-24-37,38-25-13-5-14-26-38)39-27-15-6-16-28-39)46(57)53-43-47(58)56-44(36(32-63-48(43)56)31-40-29-17-18-30-60-40)49(62)61-45(34-19-7-2-8-20-34)35-21-9-3-10-22-35/h2-16,19-28,33,40,43,45,48H,17-18,29-32H2,1H3,(H,52,54)(H,53,57)/b55-42-/t40?,43?,48-/m1/s1. The molecule has 5 aromatic carbocycles. The fraction of sp³-hybridized carbons (Fsp3) is 0.235. The van der Waals surface area contributed by atoms with Crippen LogP contribution in [0.3, 0.4) is 0 Å². The van der Waals surface area contributed by atoms with Gasteiger partial charge in [-0.3, -0.25) is 14.5 Å². The number of rotatable bonds is 15. The van der Waals surface area contributed by atoms with Crippen molar-refractivity contribution in [1.82, 2.24) is 15.2 Å². The fourth-order valence-corrected chi connectivity index (χ4v) is 11.2. The summed E-state index contributed by atoms with van der Waals surface area (Å²) in [6, 6.07) is 49.6. The molecule has 3 aliphatic rings. The number of anilines is 1. The molecule has 0 spiro atoms. The Morgan fingerprint density at radius 2 is 1.42 bits per heavy atom. The Bertz CT molecular complexity index is 2490. The third-order valence-electron chi connectivity index (χ3n) is 11.8. The third kappa shape index (κ3) is 8.85. The third-order valence-corrected chi connectivity index (χ3v) is 14.2. The highest BCUT2D eigenvalue weighted by Crippen LogP contribution is 2.44. The van der Waals surface area contributed by atoms with Crippen molar-refractivity contribution in [3.63, 3.8) is 0 Å². The maximum Gasteiger partial charge on any atom is 0.276 e. The van der Waals surface area contributed by atoms with Crippen molar-refractivity contribution in [3.05, 3.63) is 202 Å². The molecule has 2 fully saturated rings. The second kappa shape index (κ2) is 19.7. The maximum atomic E-state index is 14.4. The zero-order valence-corrected chi connectivity index (χ0v) is 37.6. The van der Waals surface area contributed by atoms with Gasteiger partial charge in [-0.1, -0.05) is 157 Å². The molecule has 0 aliphatic carbocycles. The minimum atomic E-state index is -0.859. The topological polar surface area (TPSA) is 114 Å². The van der Waals surface area contributed by atoms with Crippen molar-refractivity contribution in [1.29, 1.82) is 0 Å². The van der Waals surface area contributed by atoms with Gasteiger partial charge < -0.3 is 24.9 Å². The number of thiazole rings is 1. The summed E-state index contributed by atoms with van der Waals surface area (Å²) in [6.45, 7) is 0.709. The number of nitrogens with zero attached hydrogens (tertiary/aromatic N) is 3. The lowest BCUT2D eigenvalue weighted by atomic mass is 9.77. The molecule has 13 heteroatoms. The number of thiocarbonyl (C=S) groups is 1. The smallest absolute Gasteiger partial charge is 0.276 e. The van der Waals surface area contributed by atoms with Crippen molar-refractivity contribution < 1.29 is 23.9 Å². The number of ether oxygens (including phenoxy) is 2. The predicted molar refractivity (Wildman–Crippen MR) is 257 cm³/mol. The van der Waals surface area contributed by atoms with Gasteiger partial charge in [-0.25, -0.2) is 4.98 Å². The number of fused-ring (bicyclic) bond motifs is 1. The van der Waals surface area contributed by atoms with Crippen molar-refractivity contribution in [2.75, 3.05) is 24.8 Å². The van der Waals surface area contributed by atoms with E-state index in [0.29, 0.717) is 35.3 Å². The number of carbonyl (C=O) groups is 2. The molecule has 10 nitrogen and oxygen atoms in total. The number of hydrogen-bond donors (Lipinski definition) is 2. The van der Waals surface area contributed by atoms with E-state index in [2.05, 4.69) is 52.2 Å². The average molecular weight is 906 g/mol. The Labute approximate surface area is 386 Å². The van der Waals surface area contributed by atoms with Crippen molar-refractivity contribution in [2.24, 2.45) is 5.16 Å². The minimum Gasteiger partial charge on any atom is -0.469 e. The zero-order chi connectivity index (χ0) is 43.9. The van der Waals surface area contributed by atoms with Crippen LogP contribution < -0.4 is 10.6 Å². The highest BCUT2D eigenvalue weighted by molar-refractivity contribution is 8.00. The molecule has 2 unspecified atom stereocenters. The van der Waals surface area contributed by atoms with Crippen LogP contribution in [-0.4, -0.2) is 69.4 Å². The molecule has 2 amide bonds. The lowest BCUT2D eigenvalue weighted by Gasteiger charge is -2.50. The van der Waals surface area contributed by atoms with Crippen molar-refractivity contribution in [2.45, 2.75) is 54.8 Å². The van der Waals surface area contributed by atoms with E-state index in [0.717, 1.165) is 52.7 Å². The van der Waals surface area contributed by atoms with E-state index in [4.69, 9.17) is 31.5 Å². The molecular formula is C51H47N5O5S3. The van der Waals surface area contributed by atoms with E-state index in [-0.39, 0.29) is 22.8 Å². The first-order valence-corrected chi connectivity index (χ1v) is 23.7.